The Balaban J connectivity index is 2.09. The number of nitrogens with two attached hydrogens (primary N) is 1. The van der Waals surface area contributed by atoms with Gasteiger partial charge in [-0.25, -0.2) is 0 Å². The number of aliphatic hydroxyl groups excluding tert-OH is 1. The summed E-state index contributed by atoms with van der Waals surface area (Å²) in [5.41, 5.74) is 7.34. The van der Waals surface area contributed by atoms with Crippen LogP contribution in [0.1, 0.15) is 18.1 Å². The standard InChI is InChI=1S/C24H30N4O7/c1-14(29)21(28-22(33)18(25)11-16-7-9-17(30)10-8-16)24(35)27-19(23(34)26-13-20(31)32)12-15-5-3-2-4-6-15/h2-10,14,18-19,21,29-30H,11-13,25H2,1H3,(H,26,34)(H,27,35)(H,28,33)(H,31,32). The molecular formula is C24H30N4O7. The van der Waals surface area contributed by atoms with E-state index < -0.39 is 54.5 Å². The third-order valence-electron chi connectivity index (χ3n) is 5.12. The van der Waals surface area contributed by atoms with Gasteiger partial charge in [0.2, 0.25) is 17.7 Å². The summed E-state index contributed by atoms with van der Waals surface area (Å²) in [4.78, 5) is 48.9. The fourth-order valence-corrected chi connectivity index (χ4v) is 3.25. The topological polar surface area (TPSA) is 191 Å². The molecule has 4 atom stereocenters. The highest BCUT2D eigenvalue weighted by atomic mass is 16.4. The van der Waals surface area contributed by atoms with Crippen LogP contribution in [-0.4, -0.2) is 69.8 Å². The van der Waals surface area contributed by atoms with E-state index in [0.717, 1.165) is 0 Å². The predicted octanol–water partition coefficient (Wildman–Crippen LogP) is -0.944. The van der Waals surface area contributed by atoms with E-state index in [1.807, 2.05) is 0 Å². The van der Waals surface area contributed by atoms with Crippen LogP contribution in [0.2, 0.25) is 0 Å². The Morgan fingerprint density at radius 1 is 0.857 bits per heavy atom. The first-order valence-electron chi connectivity index (χ1n) is 10.9. The van der Waals surface area contributed by atoms with Crippen LogP contribution in [0.5, 0.6) is 5.75 Å². The first kappa shape index (κ1) is 27.3. The van der Waals surface area contributed by atoms with Crippen molar-refractivity contribution in [3.05, 3.63) is 65.7 Å². The van der Waals surface area contributed by atoms with Crippen LogP contribution in [-0.2, 0) is 32.0 Å². The Kier molecular flexibility index (Phi) is 10.2. The van der Waals surface area contributed by atoms with Gasteiger partial charge in [-0.05, 0) is 36.6 Å². The summed E-state index contributed by atoms with van der Waals surface area (Å²) in [7, 11) is 0. The van der Waals surface area contributed by atoms with Gasteiger partial charge < -0.3 is 37.0 Å². The third kappa shape index (κ3) is 9.07. The molecule has 0 saturated heterocycles. The van der Waals surface area contributed by atoms with E-state index in [4.69, 9.17) is 10.8 Å². The highest BCUT2D eigenvalue weighted by molar-refractivity contribution is 5.94. The molecule has 0 aliphatic rings. The molecule has 2 aromatic rings. The predicted molar refractivity (Wildman–Crippen MR) is 126 cm³/mol. The summed E-state index contributed by atoms with van der Waals surface area (Å²) in [5.74, 6) is -3.45. The molecule has 0 heterocycles. The number of benzene rings is 2. The molecule has 0 fully saturated rings. The number of carbonyl (C=O) groups excluding carboxylic acids is 3. The van der Waals surface area contributed by atoms with Crippen LogP contribution in [0.15, 0.2) is 54.6 Å². The van der Waals surface area contributed by atoms with Crippen molar-refractivity contribution in [2.45, 2.75) is 44.0 Å². The summed E-state index contributed by atoms with van der Waals surface area (Å²) in [6.07, 6.45) is -1.15. The number of nitrogens with one attached hydrogen (secondary N) is 3. The van der Waals surface area contributed by atoms with E-state index in [-0.39, 0.29) is 18.6 Å². The number of phenols is 1. The lowest BCUT2D eigenvalue weighted by molar-refractivity contribution is -0.138. The molecule has 0 spiro atoms. The van der Waals surface area contributed by atoms with Crippen molar-refractivity contribution in [2.24, 2.45) is 5.73 Å². The fraction of sp³-hybridized carbons (Fsp3) is 0.333. The average molecular weight is 487 g/mol. The fourth-order valence-electron chi connectivity index (χ4n) is 3.25. The maximum Gasteiger partial charge on any atom is 0.322 e. The number of hydrogen-bond acceptors (Lipinski definition) is 7. The normalized spacial score (nSPS) is 14.1. The summed E-state index contributed by atoms with van der Waals surface area (Å²) >= 11 is 0. The number of carboxylic acid groups (broad SMARTS) is 1. The second kappa shape index (κ2) is 13.1. The van der Waals surface area contributed by atoms with Crippen molar-refractivity contribution in [1.29, 1.82) is 0 Å². The quantitative estimate of drug-likeness (QED) is 0.200. The van der Waals surface area contributed by atoms with Crippen molar-refractivity contribution in [3.8, 4) is 5.75 Å². The first-order chi connectivity index (χ1) is 16.6. The van der Waals surface area contributed by atoms with Gasteiger partial charge in [-0.1, -0.05) is 42.5 Å². The molecule has 35 heavy (non-hydrogen) atoms. The van der Waals surface area contributed by atoms with Crippen LogP contribution in [0.3, 0.4) is 0 Å². The number of amides is 3. The Bertz CT molecular complexity index is 1010. The van der Waals surface area contributed by atoms with Gasteiger partial charge in [0.25, 0.3) is 0 Å². The number of carbonyl (C=O) groups is 4. The highest BCUT2D eigenvalue weighted by Crippen LogP contribution is 2.11. The number of aromatic hydroxyl groups is 1. The molecule has 0 saturated carbocycles. The van der Waals surface area contributed by atoms with Crippen LogP contribution in [0.25, 0.3) is 0 Å². The largest absolute Gasteiger partial charge is 0.508 e. The molecule has 0 aliphatic carbocycles. The van der Waals surface area contributed by atoms with Crippen molar-refractivity contribution < 1.29 is 34.5 Å². The van der Waals surface area contributed by atoms with Gasteiger partial charge in [-0.3, -0.25) is 19.2 Å². The van der Waals surface area contributed by atoms with Crippen molar-refractivity contribution in [3.63, 3.8) is 0 Å². The SMILES string of the molecule is CC(O)C(NC(=O)C(N)Cc1ccc(O)cc1)C(=O)NC(Cc1ccccc1)C(=O)NCC(=O)O. The minimum atomic E-state index is -1.42. The molecule has 0 bridgehead atoms. The van der Waals surface area contributed by atoms with Gasteiger partial charge in [0.1, 0.15) is 24.4 Å². The van der Waals surface area contributed by atoms with Crippen molar-refractivity contribution in [1.82, 2.24) is 16.0 Å². The summed E-state index contributed by atoms with van der Waals surface area (Å²) < 4.78 is 0. The maximum absolute atomic E-state index is 12.9. The lowest BCUT2D eigenvalue weighted by Gasteiger charge is -2.25. The zero-order valence-corrected chi connectivity index (χ0v) is 19.2. The van der Waals surface area contributed by atoms with Gasteiger partial charge in [0, 0.05) is 6.42 Å². The number of hydrogen-bond donors (Lipinski definition) is 7. The van der Waals surface area contributed by atoms with E-state index in [0.29, 0.717) is 11.1 Å². The molecule has 11 heteroatoms. The molecule has 2 aromatic carbocycles. The highest BCUT2D eigenvalue weighted by Gasteiger charge is 2.31. The number of rotatable bonds is 12. The van der Waals surface area contributed by atoms with E-state index in [2.05, 4.69) is 16.0 Å². The number of phenolic OH excluding ortho intramolecular Hbond substituents is 1. The molecule has 8 N–H and O–H groups in total. The Labute approximate surface area is 202 Å². The molecule has 0 aliphatic heterocycles. The van der Waals surface area contributed by atoms with Crippen LogP contribution >= 0.6 is 0 Å². The molecule has 11 nitrogen and oxygen atoms in total. The number of carboxylic acids is 1. The second-order valence-electron chi connectivity index (χ2n) is 8.07. The lowest BCUT2D eigenvalue weighted by Crippen LogP contribution is -2.59. The lowest BCUT2D eigenvalue weighted by atomic mass is 10.0. The zero-order valence-electron chi connectivity index (χ0n) is 19.2. The Morgan fingerprint density at radius 3 is 2.03 bits per heavy atom. The molecule has 3 amide bonds. The Hall–Kier alpha value is -3.96. The molecule has 2 rings (SSSR count). The van der Waals surface area contributed by atoms with Crippen LogP contribution < -0.4 is 21.7 Å². The number of aliphatic hydroxyl groups is 1. The summed E-state index contributed by atoms with van der Waals surface area (Å²) in [6, 6.07) is 11.2. The Morgan fingerprint density at radius 2 is 1.46 bits per heavy atom. The van der Waals surface area contributed by atoms with E-state index in [9.17, 15) is 29.4 Å². The maximum atomic E-state index is 12.9. The zero-order chi connectivity index (χ0) is 26.0. The van der Waals surface area contributed by atoms with Crippen LogP contribution in [0.4, 0.5) is 0 Å². The summed E-state index contributed by atoms with van der Waals surface area (Å²) in [5, 5.41) is 35.4. The van der Waals surface area contributed by atoms with Gasteiger partial charge >= 0.3 is 5.97 Å². The summed E-state index contributed by atoms with van der Waals surface area (Å²) in [6.45, 7) is 0.662. The van der Waals surface area contributed by atoms with Crippen molar-refractivity contribution in [2.75, 3.05) is 6.54 Å². The number of aliphatic carboxylic acids is 1. The molecule has 0 aromatic heterocycles. The van der Waals surface area contributed by atoms with Crippen LogP contribution in [0, 0.1) is 0 Å². The van der Waals surface area contributed by atoms with E-state index in [1.165, 1.54) is 19.1 Å². The van der Waals surface area contributed by atoms with E-state index >= 15 is 0 Å². The van der Waals surface area contributed by atoms with Gasteiger partial charge in [-0.2, -0.15) is 0 Å². The average Bonchev–Trinajstić information content (AvgIpc) is 2.82. The van der Waals surface area contributed by atoms with Gasteiger partial charge in [0.15, 0.2) is 0 Å². The monoisotopic (exact) mass is 486 g/mol. The minimum absolute atomic E-state index is 0.0544. The minimum Gasteiger partial charge on any atom is -0.508 e. The second-order valence-corrected chi connectivity index (χ2v) is 8.07. The first-order valence-corrected chi connectivity index (χ1v) is 10.9. The molecule has 0 radical (unpaired) electrons. The third-order valence-corrected chi connectivity index (χ3v) is 5.12. The molecule has 4 unspecified atom stereocenters. The molecular weight excluding hydrogens is 456 g/mol. The van der Waals surface area contributed by atoms with Gasteiger partial charge in [0.05, 0.1) is 12.1 Å². The van der Waals surface area contributed by atoms with E-state index in [1.54, 1.807) is 42.5 Å². The molecule has 188 valence electrons. The van der Waals surface area contributed by atoms with Crippen molar-refractivity contribution >= 4 is 23.7 Å². The smallest absolute Gasteiger partial charge is 0.322 e. The van der Waals surface area contributed by atoms with Gasteiger partial charge in [-0.15, -0.1) is 0 Å².